The van der Waals surface area contributed by atoms with E-state index >= 15 is 0 Å². The Morgan fingerprint density at radius 2 is 1.85 bits per heavy atom. The predicted molar refractivity (Wildman–Crippen MR) is 160 cm³/mol. The number of sulfonamides is 1. The van der Waals surface area contributed by atoms with Crippen LogP contribution < -0.4 is 14.4 Å². The Morgan fingerprint density at radius 1 is 1.07 bits per heavy atom. The van der Waals surface area contributed by atoms with E-state index in [0.717, 1.165) is 15.6 Å². The van der Waals surface area contributed by atoms with Crippen LogP contribution in [0.25, 0.3) is 21.5 Å². The molecule has 2 heterocycles. The molecule has 3 aromatic carbocycles. The van der Waals surface area contributed by atoms with Crippen molar-refractivity contribution in [1.29, 1.82) is 0 Å². The van der Waals surface area contributed by atoms with Crippen molar-refractivity contribution in [2.45, 2.75) is 17.0 Å². The van der Waals surface area contributed by atoms with Gasteiger partial charge in [0.15, 0.2) is 5.82 Å². The molecule has 5 rings (SSSR count). The molecule has 0 aliphatic carbocycles. The molecule has 12 heteroatoms. The maximum Gasteiger partial charge on any atom is 0.264 e. The summed E-state index contributed by atoms with van der Waals surface area (Å²) in [4.78, 5) is 18.1. The van der Waals surface area contributed by atoms with E-state index in [1.54, 1.807) is 37.3 Å². The lowest BCUT2D eigenvalue weighted by molar-refractivity contribution is 0.0960. The molecule has 2 aromatic heterocycles. The Labute approximate surface area is 240 Å². The lowest BCUT2D eigenvalue weighted by atomic mass is 10.2. The number of thioether (sulfide) groups is 1. The molecule has 0 atom stereocenters. The van der Waals surface area contributed by atoms with Crippen LogP contribution in [0, 0.1) is 0 Å². The summed E-state index contributed by atoms with van der Waals surface area (Å²) < 4.78 is 34.1. The van der Waals surface area contributed by atoms with Gasteiger partial charge in [-0.3, -0.25) is 14.2 Å². The van der Waals surface area contributed by atoms with E-state index in [1.807, 2.05) is 36.4 Å². The van der Waals surface area contributed by atoms with Crippen LogP contribution in [0.2, 0.25) is 0 Å². The van der Waals surface area contributed by atoms with Gasteiger partial charge in [0.05, 0.1) is 22.6 Å². The van der Waals surface area contributed by atoms with E-state index in [2.05, 4.69) is 20.5 Å². The van der Waals surface area contributed by atoms with Crippen molar-refractivity contribution < 1.29 is 17.9 Å². The number of methoxy groups -OCH3 is 1. The van der Waals surface area contributed by atoms with Gasteiger partial charge in [0.2, 0.25) is 5.16 Å². The minimum atomic E-state index is -3.77. The highest BCUT2D eigenvalue weighted by Crippen LogP contribution is 2.32. The molecular formula is C28H27N5O4S3. The number of carbonyl (C=O) groups is 1. The number of hydrogen-bond acceptors (Lipinski definition) is 8. The van der Waals surface area contributed by atoms with Crippen molar-refractivity contribution in [3.05, 3.63) is 83.7 Å². The van der Waals surface area contributed by atoms with E-state index in [9.17, 15) is 13.2 Å². The van der Waals surface area contributed by atoms with E-state index in [-0.39, 0.29) is 17.3 Å². The van der Waals surface area contributed by atoms with Crippen molar-refractivity contribution >= 4 is 54.8 Å². The average Bonchev–Trinajstić information content (AvgIpc) is 3.63. The van der Waals surface area contributed by atoms with Crippen molar-refractivity contribution in [3.63, 3.8) is 0 Å². The summed E-state index contributed by atoms with van der Waals surface area (Å²) in [7, 11) is -2.24. The number of nitrogens with zero attached hydrogens (tertiary/aromatic N) is 3. The quantitative estimate of drug-likeness (QED) is 0.155. The van der Waals surface area contributed by atoms with Crippen LogP contribution in [0.4, 0.5) is 5.69 Å². The minimum absolute atomic E-state index is 0.179. The summed E-state index contributed by atoms with van der Waals surface area (Å²) in [6, 6.07) is 23.3. The number of amides is 1. The van der Waals surface area contributed by atoms with Crippen LogP contribution >= 0.6 is 23.1 Å². The predicted octanol–water partition coefficient (Wildman–Crippen LogP) is 5.43. The van der Waals surface area contributed by atoms with Crippen LogP contribution in [-0.2, 0) is 10.0 Å². The van der Waals surface area contributed by atoms with Gasteiger partial charge in [-0.25, -0.2) is 13.4 Å². The van der Waals surface area contributed by atoms with Crippen molar-refractivity contribution in [2.75, 3.05) is 30.3 Å². The fraction of sp³-hybridized carbons (Fsp3) is 0.179. The number of H-pyrrole nitrogens is 1. The number of rotatable bonds is 11. The Morgan fingerprint density at radius 3 is 2.58 bits per heavy atom. The summed E-state index contributed by atoms with van der Waals surface area (Å²) in [6.45, 7) is 2.49. The van der Waals surface area contributed by atoms with Gasteiger partial charge in [-0.2, -0.15) is 0 Å². The third-order valence-corrected chi connectivity index (χ3v) is 9.96. The molecule has 0 aliphatic rings. The summed E-state index contributed by atoms with van der Waals surface area (Å²) >= 11 is 2.82. The molecular weight excluding hydrogens is 567 g/mol. The van der Waals surface area contributed by atoms with Gasteiger partial charge in [0, 0.05) is 29.1 Å². The van der Waals surface area contributed by atoms with Crippen LogP contribution in [0.15, 0.2) is 88.9 Å². The minimum Gasteiger partial charge on any atom is -0.497 e. The number of carbonyl (C=O) groups excluding carboxylic acids is 1. The van der Waals surface area contributed by atoms with Gasteiger partial charge in [-0.15, -0.1) is 16.4 Å². The molecule has 0 radical (unpaired) electrons. The van der Waals surface area contributed by atoms with Gasteiger partial charge in [0.25, 0.3) is 15.9 Å². The zero-order valence-corrected chi connectivity index (χ0v) is 24.3. The molecule has 0 aliphatic heterocycles. The van der Waals surface area contributed by atoms with E-state index in [0.29, 0.717) is 39.6 Å². The fourth-order valence-electron chi connectivity index (χ4n) is 4.09. The molecule has 0 fully saturated rings. The summed E-state index contributed by atoms with van der Waals surface area (Å²) in [5.74, 6) is 1.72. The second-order valence-corrected chi connectivity index (χ2v) is 12.6. The van der Waals surface area contributed by atoms with E-state index in [4.69, 9.17) is 4.74 Å². The number of fused-ring (bicyclic) bond motifs is 1. The number of thiophene rings is 1. The second kappa shape index (κ2) is 12.1. The third-order valence-electron chi connectivity index (χ3n) is 6.08. The first kappa shape index (κ1) is 27.7. The molecule has 0 saturated heterocycles. The van der Waals surface area contributed by atoms with Gasteiger partial charge in [-0.05, 0) is 60.8 Å². The van der Waals surface area contributed by atoms with E-state index < -0.39 is 10.0 Å². The van der Waals surface area contributed by atoms with E-state index in [1.165, 1.54) is 46.6 Å². The fourth-order valence-corrected chi connectivity index (χ4v) is 7.17. The summed E-state index contributed by atoms with van der Waals surface area (Å²) in [5, 5.41) is 11.5. The summed E-state index contributed by atoms with van der Waals surface area (Å²) in [5.41, 5.74) is 1.50. The molecule has 9 nitrogen and oxygen atoms in total. The monoisotopic (exact) mass is 593 g/mol. The molecule has 5 aromatic rings. The van der Waals surface area contributed by atoms with Crippen LogP contribution in [-0.4, -0.2) is 55.5 Å². The van der Waals surface area contributed by atoms with Crippen molar-refractivity contribution in [1.82, 2.24) is 20.5 Å². The maximum absolute atomic E-state index is 13.3. The second-order valence-electron chi connectivity index (χ2n) is 8.62. The maximum atomic E-state index is 13.3. The first-order chi connectivity index (χ1) is 19.4. The van der Waals surface area contributed by atoms with Crippen molar-refractivity contribution in [3.8, 4) is 17.1 Å². The Hall–Kier alpha value is -3.87. The molecule has 0 saturated carbocycles. The summed E-state index contributed by atoms with van der Waals surface area (Å²) in [6.07, 6.45) is 0. The average molecular weight is 594 g/mol. The lowest BCUT2D eigenvalue weighted by Crippen LogP contribution is -2.30. The molecule has 0 unspecified atom stereocenters. The normalized spacial score (nSPS) is 11.4. The van der Waals surface area contributed by atoms with Gasteiger partial charge >= 0.3 is 0 Å². The van der Waals surface area contributed by atoms with Crippen molar-refractivity contribution in [2.24, 2.45) is 0 Å². The topological polar surface area (TPSA) is 117 Å². The highest BCUT2D eigenvalue weighted by molar-refractivity contribution is 7.99. The zero-order chi connectivity index (χ0) is 28.1. The number of ether oxygens (including phenoxy) is 1. The third kappa shape index (κ3) is 5.98. The molecule has 2 N–H and O–H groups in total. The molecule has 0 bridgehead atoms. The number of aromatic nitrogens is 3. The number of anilines is 1. The van der Waals surface area contributed by atoms with Gasteiger partial charge < -0.3 is 10.1 Å². The zero-order valence-electron chi connectivity index (χ0n) is 21.8. The number of benzene rings is 3. The van der Waals surface area contributed by atoms with Gasteiger partial charge in [-0.1, -0.05) is 42.1 Å². The van der Waals surface area contributed by atoms with Gasteiger partial charge in [0.1, 0.15) is 5.75 Å². The number of aromatic amines is 1. The number of nitrogens with one attached hydrogen (secondary N) is 2. The standard InChI is InChI=1S/C28H27N5O4S3/c1-3-33(40(35,36)23-12-10-22(37-2)11-13-23)21-9-14-24-20(17-21)18-25(39-24)27(34)29-15-16-38-28-30-26(31-32-28)19-7-5-4-6-8-19/h4-14,17-18H,3,15-16H2,1-2H3,(H,29,34)(H,30,31,32). The highest BCUT2D eigenvalue weighted by atomic mass is 32.2. The van der Waals surface area contributed by atoms with Crippen LogP contribution in [0.1, 0.15) is 16.6 Å². The van der Waals surface area contributed by atoms with Crippen LogP contribution in [0.5, 0.6) is 5.75 Å². The lowest BCUT2D eigenvalue weighted by Gasteiger charge is -2.23. The molecule has 206 valence electrons. The first-order valence-electron chi connectivity index (χ1n) is 12.5. The smallest absolute Gasteiger partial charge is 0.264 e. The SMILES string of the molecule is CCN(c1ccc2sc(C(=O)NCCSc3n[nH]c(-c4ccccc4)n3)cc2c1)S(=O)(=O)c1ccc(OC)cc1. The first-order valence-corrected chi connectivity index (χ1v) is 15.7. The molecule has 0 spiro atoms. The Bertz CT molecular complexity index is 1720. The highest BCUT2D eigenvalue weighted by Gasteiger charge is 2.24. The Kier molecular flexibility index (Phi) is 8.38. The Balaban J connectivity index is 1.22. The number of hydrogen-bond donors (Lipinski definition) is 2. The molecule has 1 amide bonds. The molecule has 40 heavy (non-hydrogen) atoms. The van der Waals surface area contributed by atoms with Crippen LogP contribution in [0.3, 0.4) is 0 Å². The largest absolute Gasteiger partial charge is 0.497 e.